The summed E-state index contributed by atoms with van der Waals surface area (Å²) in [6, 6.07) is 3.40. The zero-order valence-electron chi connectivity index (χ0n) is 7.07. The predicted octanol–water partition coefficient (Wildman–Crippen LogP) is 1.70. The Bertz CT molecular complexity index is 317. The third-order valence-corrected chi connectivity index (χ3v) is 2.13. The Morgan fingerprint density at radius 3 is 3.00 bits per heavy atom. The van der Waals surface area contributed by atoms with Crippen molar-refractivity contribution in [1.82, 2.24) is 10.0 Å². The molecule has 1 amide bonds. The molecule has 0 aliphatic heterocycles. The number of rotatable bonds is 2. The molecule has 0 spiro atoms. The number of nitrogens with zero attached hydrogens (tertiary/aromatic N) is 2. The fourth-order valence-electron chi connectivity index (χ4n) is 0.809. The van der Waals surface area contributed by atoms with Gasteiger partial charge in [0.2, 0.25) is 0 Å². The van der Waals surface area contributed by atoms with E-state index in [-0.39, 0.29) is 12.2 Å². The highest BCUT2D eigenvalue weighted by Crippen LogP contribution is 2.14. The lowest BCUT2D eigenvalue weighted by atomic mass is 10.3. The molecule has 13 heavy (non-hydrogen) atoms. The van der Waals surface area contributed by atoms with Gasteiger partial charge in [0.1, 0.15) is 5.69 Å². The summed E-state index contributed by atoms with van der Waals surface area (Å²) in [5.41, 5.74) is 0.215. The molecular weight excluding hydrogens is 236 g/mol. The van der Waals surface area contributed by atoms with Gasteiger partial charge in [-0.3, -0.25) is 10.0 Å². The molecule has 1 rings (SSSR count). The van der Waals surface area contributed by atoms with Gasteiger partial charge in [0, 0.05) is 17.2 Å². The molecule has 70 valence electrons. The van der Waals surface area contributed by atoms with Crippen LogP contribution < -0.4 is 0 Å². The zero-order chi connectivity index (χ0) is 9.84. The number of carbonyl (C=O) groups excluding carboxylic acids is 1. The molecule has 1 aromatic rings. The molecule has 1 N–H and O–H groups in total. The van der Waals surface area contributed by atoms with E-state index in [9.17, 15) is 4.79 Å². The van der Waals surface area contributed by atoms with Crippen LogP contribution in [0.25, 0.3) is 0 Å². The average molecular weight is 245 g/mol. The number of amides is 1. The molecule has 0 aromatic carbocycles. The third kappa shape index (κ3) is 2.26. The number of aromatic nitrogens is 1. The molecule has 0 radical (unpaired) electrons. The van der Waals surface area contributed by atoms with Crippen LogP contribution in [0.4, 0.5) is 0 Å². The fourth-order valence-corrected chi connectivity index (χ4v) is 1.23. The molecule has 1 heterocycles. The molecule has 4 nitrogen and oxygen atoms in total. The summed E-state index contributed by atoms with van der Waals surface area (Å²) in [6.45, 7) is 1.91. The van der Waals surface area contributed by atoms with Crippen LogP contribution in [0.2, 0.25) is 0 Å². The first-order valence-corrected chi connectivity index (χ1v) is 4.57. The van der Waals surface area contributed by atoms with Crippen LogP contribution in [0.5, 0.6) is 0 Å². The lowest BCUT2D eigenvalue weighted by molar-refractivity contribution is -0.0546. The Balaban J connectivity index is 2.95. The van der Waals surface area contributed by atoms with E-state index in [0.717, 1.165) is 0 Å². The Labute approximate surface area is 84.3 Å². The lowest BCUT2D eigenvalue weighted by Gasteiger charge is -2.11. The minimum atomic E-state index is -0.505. The molecule has 0 bridgehead atoms. The van der Waals surface area contributed by atoms with E-state index in [2.05, 4.69) is 20.9 Å². The first kappa shape index (κ1) is 10.1. The second-order valence-electron chi connectivity index (χ2n) is 2.35. The molecule has 1 aromatic heterocycles. The molecule has 0 fully saturated rings. The van der Waals surface area contributed by atoms with E-state index in [1.807, 2.05) is 0 Å². The zero-order valence-corrected chi connectivity index (χ0v) is 8.65. The van der Waals surface area contributed by atoms with Gasteiger partial charge in [-0.05, 0) is 35.0 Å². The minimum absolute atomic E-state index is 0.215. The smallest absolute Gasteiger partial charge is 0.286 e. The summed E-state index contributed by atoms with van der Waals surface area (Å²) >= 11 is 3.17. The monoisotopic (exact) mass is 244 g/mol. The SMILES string of the molecule is CCN(O)C(=O)c1ncccc1Br. The molecule has 0 saturated heterocycles. The van der Waals surface area contributed by atoms with Crippen LogP contribution in [-0.4, -0.2) is 27.7 Å². The van der Waals surface area contributed by atoms with Crippen LogP contribution in [0.3, 0.4) is 0 Å². The van der Waals surface area contributed by atoms with E-state index in [0.29, 0.717) is 9.54 Å². The summed E-state index contributed by atoms with van der Waals surface area (Å²) in [7, 11) is 0. The molecule has 0 aliphatic rings. The number of hydroxylamine groups is 2. The van der Waals surface area contributed by atoms with E-state index in [1.165, 1.54) is 6.20 Å². The van der Waals surface area contributed by atoms with Crippen molar-refractivity contribution in [3.8, 4) is 0 Å². The maximum atomic E-state index is 11.4. The number of hydrogen-bond acceptors (Lipinski definition) is 3. The van der Waals surface area contributed by atoms with Crippen molar-refractivity contribution in [2.45, 2.75) is 6.92 Å². The molecule has 5 heteroatoms. The van der Waals surface area contributed by atoms with Crippen molar-refractivity contribution in [2.24, 2.45) is 0 Å². The molecule has 0 atom stereocenters. The van der Waals surface area contributed by atoms with Crippen molar-refractivity contribution in [2.75, 3.05) is 6.54 Å². The van der Waals surface area contributed by atoms with Crippen LogP contribution in [-0.2, 0) is 0 Å². The topological polar surface area (TPSA) is 53.4 Å². The van der Waals surface area contributed by atoms with Gasteiger partial charge in [0.25, 0.3) is 5.91 Å². The van der Waals surface area contributed by atoms with Crippen molar-refractivity contribution in [3.05, 3.63) is 28.5 Å². The summed E-state index contributed by atoms with van der Waals surface area (Å²) in [4.78, 5) is 15.2. The standard InChI is InChI=1S/C8H9BrN2O2/c1-2-11(13)8(12)7-6(9)4-3-5-10-7/h3-5,13H,2H2,1H3. The molecule has 0 unspecified atom stereocenters. The number of pyridine rings is 1. The normalized spacial score (nSPS) is 9.77. The second-order valence-corrected chi connectivity index (χ2v) is 3.21. The summed E-state index contributed by atoms with van der Waals surface area (Å²) < 4.78 is 0.576. The Morgan fingerprint density at radius 2 is 2.46 bits per heavy atom. The predicted molar refractivity (Wildman–Crippen MR) is 50.4 cm³/mol. The van der Waals surface area contributed by atoms with E-state index >= 15 is 0 Å². The summed E-state index contributed by atoms with van der Waals surface area (Å²) in [5.74, 6) is -0.505. The number of halogens is 1. The van der Waals surface area contributed by atoms with Gasteiger partial charge in [0.05, 0.1) is 0 Å². The van der Waals surface area contributed by atoms with Crippen LogP contribution in [0, 0.1) is 0 Å². The van der Waals surface area contributed by atoms with Crippen LogP contribution >= 0.6 is 15.9 Å². The minimum Gasteiger partial charge on any atom is -0.286 e. The van der Waals surface area contributed by atoms with Crippen LogP contribution in [0.1, 0.15) is 17.4 Å². The highest BCUT2D eigenvalue weighted by Gasteiger charge is 2.15. The van der Waals surface area contributed by atoms with Crippen molar-refractivity contribution >= 4 is 21.8 Å². The fraction of sp³-hybridized carbons (Fsp3) is 0.250. The highest BCUT2D eigenvalue weighted by molar-refractivity contribution is 9.10. The Kier molecular flexibility index (Phi) is 3.39. The van der Waals surface area contributed by atoms with Gasteiger partial charge in [-0.2, -0.15) is 0 Å². The summed E-state index contributed by atoms with van der Waals surface area (Å²) in [6.07, 6.45) is 1.50. The quantitative estimate of drug-likeness (QED) is 0.637. The first-order valence-electron chi connectivity index (χ1n) is 3.78. The lowest BCUT2D eigenvalue weighted by Crippen LogP contribution is -2.28. The van der Waals surface area contributed by atoms with Crippen molar-refractivity contribution in [1.29, 1.82) is 0 Å². The maximum absolute atomic E-state index is 11.4. The molecular formula is C8H9BrN2O2. The number of carbonyl (C=O) groups is 1. The van der Waals surface area contributed by atoms with Gasteiger partial charge in [-0.25, -0.2) is 10.0 Å². The average Bonchev–Trinajstić information content (AvgIpc) is 2.16. The van der Waals surface area contributed by atoms with Gasteiger partial charge >= 0.3 is 0 Å². The van der Waals surface area contributed by atoms with Crippen molar-refractivity contribution in [3.63, 3.8) is 0 Å². The van der Waals surface area contributed by atoms with E-state index in [4.69, 9.17) is 5.21 Å². The first-order chi connectivity index (χ1) is 6.16. The highest BCUT2D eigenvalue weighted by atomic mass is 79.9. The van der Waals surface area contributed by atoms with E-state index in [1.54, 1.807) is 19.1 Å². The van der Waals surface area contributed by atoms with Gasteiger partial charge in [-0.1, -0.05) is 0 Å². The van der Waals surface area contributed by atoms with Crippen LogP contribution in [0.15, 0.2) is 22.8 Å². The summed E-state index contributed by atoms with van der Waals surface area (Å²) in [5, 5.41) is 9.75. The Morgan fingerprint density at radius 1 is 1.77 bits per heavy atom. The van der Waals surface area contributed by atoms with Crippen molar-refractivity contribution < 1.29 is 10.0 Å². The second kappa shape index (κ2) is 4.34. The molecule has 0 aliphatic carbocycles. The van der Waals surface area contributed by atoms with Gasteiger partial charge in [0.15, 0.2) is 0 Å². The van der Waals surface area contributed by atoms with Gasteiger partial charge in [-0.15, -0.1) is 0 Å². The van der Waals surface area contributed by atoms with Gasteiger partial charge < -0.3 is 0 Å². The number of hydrogen-bond donors (Lipinski definition) is 1. The Hall–Kier alpha value is -0.940. The third-order valence-electron chi connectivity index (χ3n) is 1.50. The largest absolute Gasteiger partial charge is 0.296 e. The molecule has 0 saturated carbocycles. The van der Waals surface area contributed by atoms with E-state index < -0.39 is 5.91 Å². The maximum Gasteiger partial charge on any atom is 0.296 e.